The topological polar surface area (TPSA) is 46.0 Å². The summed E-state index contributed by atoms with van der Waals surface area (Å²) in [6.45, 7) is 3.24. The molecule has 60 valence electrons. The third kappa shape index (κ3) is 2.13. The quantitative estimate of drug-likeness (QED) is 0.696. The van der Waals surface area contributed by atoms with E-state index in [1.54, 1.807) is 13.8 Å². The summed E-state index contributed by atoms with van der Waals surface area (Å²) >= 11 is 5.56. The first kappa shape index (κ1) is 8.43. The number of hydrogen-bond acceptors (Lipinski definition) is 3. The van der Waals surface area contributed by atoms with E-state index in [1.807, 2.05) is 0 Å². The first-order valence-corrected chi connectivity index (χ1v) is 3.58. The highest BCUT2D eigenvalue weighted by molar-refractivity contribution is 6.30. The van der Waals surface area contributed by atoms with Crippen molar-refractivity contribution in [3.8, 4) is 0 Å². The molecule has 1 N–H and O–H groups in total. The molecule has 0 aliphatic carbocycles. The first-order chi connectivity index (χ1) is 5.00. The molecule has 11 heavy (non-hydrogen) atoms. The molecule has 1 aromatic rings. The van der Waals surface area contributed by atoms with Crippen LogP contribution in [0.25, 0.3) is 0 Å². The molecule has 0 radical (unpaired) electrons. The minimum absolute atomic E-state index is 0.377. The Morgan fingerprint density at radius 3 is 2.18 bits per heavy atom. The number of aliphatic hydroxyl groups is 1. The van der Waals surface area contributed by atoms with Crippen molar-refractivity contribution in [2.75, 3.05) is 0 Å². The Hall–Kier alpha value is -0.670. The third-order valence-corrected chi connectivity index (χ3v) is 1.36. The zero-order chi connectivity index (χ0) is 8.48. The van der Waals surface area contributed by atoms with Gasteiger partial charge >= 0.3 is 0 Å². The number of rotatable bonds is 1. The molecule has 1 heterocycles. The minimum Gasteiger partial charge on any atom is -0.382 e. The smallest absolute Gasteiger partial charge is 0.159 e. The monoisotopic (exact) mass is 172 g/mol. The van der Waals surface area contributed by atoms with Crippen LogP contribution in [0.3, 0.4) is 0 Å². The predicted octanol–water partition coefficient (Wildman–Crippen LogP) is 1.36. The van der Waals surface area contributed by atoms with Gasteiger partial charge in [-0.2, -0.15) is 0 Å². The van der Waals surface area contributed by atoms with Crippen molar-refractivity contribution in [3.05, 3.63) is 23.2 Å². The third-order valence-electron chi connectivity index (χ3n) is 1.17. The molecule has 0 amide bonds. The van der Waals surface area contributed by atoms with Gasteiger partial charge in [0.25, 0.3) is 0 Å². The number of aromatic nitrogens is 2. The van der Waals surface area contributed by atoms with Crippen LogP contribution in [-0.2, 0) is 5.60 Å². The highest BCUT2D eigenvalue weighted by Crippen LogP contribution is 2.15. The summed E-state index contributed by atoms with van der Waals surface area (Å²) in [7, 11) is 0. The lowest BCUT2D eigenvalue weighted by atomic mass is 10.1. The molecule has 0 saturated carbocycles. The minimum atomic E-state index is -0.995. The number of nitrogens with zero attached hydrogens (tertiary/aromatic N) is 2. The second-order valence-corrected chi connectivity index (χ2v) is 3.22. The lowest BCUT2D eigenvalue weighted by molar-refractivity contribution is 0.0687. The predicted molar refractivity (Wildman–Crippen MR) is 42.3 cm³/mol. The van der Waals surface area contributed by atoms with Crippen LogP contribution in [0.15, 0.2) is 12.4 Å². The van der Waals surface area contributed by atoms with Crippen molar-refractivity contribution in [1.29, 1.82) is 0 Å². The zero-order valence-electron chi connectivity index (χ0n) is 6.37. The number of halogens is 1. The van der Waals surface area contributed by atoms with E-state index < -0.39 is 5.60 Å². The van der Waals surface area contributed by atoms with E-state index >= 15 is 0 Å². The molecule has 0 aromatic carbocycles. The summed E-state index contributed by atoms with van der Waals surface area (Å²) in [6.07, 6.45) is 2.92. The molecule has 0 atom stereocenters. The SMILES string of the molecule is CC(C)(O)c1ncc(Cl)cn1. The van der Waals surface area contributed by atoms with Crippen LogP contribution < -0.4 is 0 Å². The Morgan fingerprint density at radius 1 is 1.36 bits per heavy atom. The van der Waals surface area contributed by atoms with Crippen molar-refractivity contribution in [2.24, 2.45) is 0 Å². The summed E-state index contributed by atoms with van der Waals surface area (Å²) in [5.41, 5.74) is -0.995. The second kappa shape index (κ2) is 2.75. The number of hydrogen-bond donors (Lipinski definition) is 1. The van der Waals surface area contributed by atoms with E-state index in [0.717, 1.165) is 0 Å². The van der Waals surface area contributed by atoms with Crippen LogP contribution in [-0.4, -0.2) is 15.1 Å². The van der Waals surface area contributed by atoms with Crippen molar-refractivity contribution in [3.63, 3.8) is 0 Å². The van der Waals surface area contributed by atoms with Gasteiger partial charge in [0.05, 0.1) is 5.02 Å². The molecule has 0 aliphatic heterocycles. The van der Waals surface area contributed by atoms with Gasteiger partial charge in [-0.3, -0.25) is 0 Å². The Labute approximate surface area is 70.1 Å². The van der Waals surface area contributed by atoms with Gasteiger partial charge < -0.3 is 5.11 Å². The van der Waals surface area contributed by atoms with Crippen LogP contribution in [0.2, 0.25) is 5.02 Å². The van der Waals surface area contributed by atoms with Crippen LogP contribution in [0.5, 0.6) is 0 Å². The summed E-state index contributed by atoms with van der Waals surface area (Å²) in [5, 5.41) is 9.88. The summed E-state index contributed by atoms with van der Waals surface area (Å²) in [6, 6.07) is 0. The van der Waals surface area contributed by atoms with E-state index in [2.05, 4.69) is 9.97 Å². The molecule has 0 aliphatic rings. The van der Waals surface area contributed by atoms with Gasteiger partial charge in [-0.25, -0.2) is 9.97 Å². The van der Waals surface area contributed by atoms with Crippen LogP contribution in [0.1, 0.15) is 19.7 Å². The van der Waals surface area contributed by atoms with Gasteiger partial charge in [0.2, 0.25) is 0 Å². The van der Waals surface area contributed by atoms with Gasteiger partial charge in [-0.1, -0.05) is 11.6 Å². The maximum Gasteiger partial charge on any atom is 0.159 e. The molecule has 4 heteroatoms. The van der Waals surface area contributed by atoms with Gasteiger partial charge in [-0.05, 0) is 13.8 Å². The van der Waals surface area contributed by atoms with Gasteiger partial charge in [0.15, 0.2) is 5.82 Å². The lowest BCUT2D eigenvalue weighted by Gasteiger charge is -2.13. The molecule has 0 fully saturated rings. The van der Waals surface area contributed by atoms with E-state index in [9.17, 15) is 5.11 Å². The van der Waals surface area contributed by atoms with E-state index in [4.69, 9.17) is 11.6 Å². The lowest BCUT2D eigenvalue weighted by Crippen LogP contribution is -2.19. The van der Waals surface area contributed by atoms with Gasteiger partial charge in [0.1, 0.15) is 5.60 Å². The van der Waals surface area contributed by atoms with Crippen molar-refractivity contribution >= 4 is 11.6 Å². The molecule has 3 nitrogen and oxygen atoms in total. The molecular formula is C7H9ClN2O. The largest absolute Gasteiger partial charge is 0.382 e. The Bertz CT molecular complexity index is 240. The van der Waals surface area contributed by atoms with E-state index in [1.165, 1.54) is 12.4 Å². The average molecular weight is 173 g/mol. The maximum absolute atomic E-state index is 9.41. The zero-order valence-corrected chi connectivity index (χ0v) is 7.13. The second-order valence-electron chi connectivity index (χ2n) is 2.78. The maximum atomic E-state index is 9.41. The van der Waals surface area contributed by atoms with E-state index in [0.29, 0.717) is 10.8 Å². The molecule has 0 bridgehead atoms. The highest BCUT2D eigenvalue weighted by Gasteiger charge is 2.18. The molecule has 1 aromatic heterocycles. The fraction of sp³-hybridized carbons (Fsp3) is 0.429. The van der Waals surface area contributed by atoms with E-state index in [-0.39, 0.29) is 0 Å². The van der Waals surface area contributed by atoms with Crippen LogP contribution in [0, 0.1) is 0 Å². The molecule has 0 unspecified atom stereocenters. The van der Waals surface area contributed by atoms with Gasteiger partial charge in [0, 0.05) is 12.4 Å². The fourth-order valence-electron chi connectivity index (χ4n) is 0.628. The van der Waals surface area contributed by atoms with Crippen molar-refractivity contribution in [2.45, 2.75) is 19.4 Å². The van der Waals surface area contributed by atoms with Crippen molar-refractivity contribution in [1.82, 2.24) is 9.97 Å². The molecule has 0 saturated heterocycles. The Balaban J connectivity index is 2.99. The fourth-order valence-corrected chi connectivity index (χ4v) is 0.726. The normalized spacial score (nSPS) is 11.6. The van der Waals surface area contributed by atoms with Crippen molar-refractivity contribution < 1.29 is 5.11 Å². The Morgan fingerprint density at radius 2 is 1.82 bits per heavy atom. The van der Waals surface area contributed by atoms with Crippen LogP contribution in [0.4, 0.5) is 0 Å². The first-order valence-electron chi connectivity index (χ1n) is 3.20. The average Bonchev–Trinajstić information content (AvgIpc) is 1.86. The Kier molecular flexibility index (Phi) is 2.11. The molecule has 1 rings (SSSR count). The summed E-state index contributed by atoms with van der Waals surface area (Å²) in [4.78, 5) is 7.71. The summed E-state index contributed by atoms with van der Waals surface area (Å²) < 4.78 is 0. The van der Waals surface area contributed by atoms with Gasteiger partial charge in [-0.15, -0.1) is 0 Å². The summed E-state index contributed by atoms with van der Waals surface area (Å²) in [5.74, 6) is 0.377. The molecular weight excluding hydrogens is 164 g/mol. The van der Waals surface area contributed by atoms with Crippen LogP contribution >= 0.6 is 11.6 Å². The highest BCUT2D eigenvalue weighted by atomic mass is 35.5. The molecule has 0 spiro atoms. The standard InChI is InChI=1S/C7H9ClN2O/c1-7(2,11)6-9-3-5(8)4-10-6/h3-4,11H,1-2H3.